The summed E-state index contributed by atoms with van der Waals surface area (Å²) in [6.07, 6.45) is -2.92. The third kappa shape index (κ3) is 2.15. The first-order valence-corrected chi connectivity index (χ1v) is 6.38. The van der Waals surface area contributed by atoms with Crippen molar-refractivity contribution in [1.29, 1.82) is 0 Å². The molecule has 0 amide bonds. The molecule has 20 heavy (non-hydrogen) atoms. The van der Waals surface area contributed by atoms with Crippen molar-refractivity contribution in [3.8, 4) is 0 Å². The lowest BCUT2D eigenvalue weighted by molar-refractivity contribution is -0.136. The fourth-order valence-electron chi connectivity index (χ4n) is 2.63. The number of rotatable bonds is 0. The van der Waals surface area contributed by atoms with Crippen LogP contribution in [0.25, 0.3) is 10.9 Å². The highest BCUT2D eigenvalue weighted by atomic mass is 19.4. The summed E-state index contributed by atoms with van der Waals surface area (Å²) in [6, 6.07) is 4.02. The lowest BCUT2D eigenvalue weighted by atomic mass is 9.95. The molecule has 3 rings (SSSR count). The van der Waals surface area contributed by atoms with E-state index < -0.39 is 17.3 Å². The average molecular weight is 282 g/mol. The molecule has 2 heterocycles. The summed E-state index contributed by atoms with van der Waals surface area (Å²) >= 11 is 0. The molecule has 0 bridgehead atoms. The third-order valence-corrected chi connectivity index (χ3v) is 3.62. The quantitative estimate of drug-likeness (QED) is 0.778. The summed E-state index contributed by atoms with van der Waals surface area (Å²) in [5.74, 6) is 0. The van der Waals surface area contributed by atoms with Crippen molar-refractivity contribution in [2.75, 3.05) is 5.32 Å². The smallest absolute Gasteiger partial charge is 0.382 e. The number of alkyl halides is 3. The number of nitrogens with one attached hydrogen (secondary N) is 2. The topological polar surface area (TPSA) is 44.9 Å². The zero-order valence-electron chi connectivity index (χ0n) is 10.8. The maximum Gasteiger partial charge on any atom is 0.417 e. The molecule has 1 aromatic heterocycles. The van der Waals surface area contributed by atoms with Crippen LogP contribution in [-0.2, 0) is 12.6 Å². The number of halogens is 3. The second kappa shape index (κ2) is 4.26. The predicted octanol–water partition coefficient (Wildman–Crippen LogP) is 3.29. The second-order valence-corrected chi connectivity index (χ2v) is 5.18. The van der Waals surface area contributed by atoms with Crippen molar-refractivity contribution in [2.24, 2.45) is 0 Å². The van der Waals surface area contributed by atoms with Crippen LogP contribution in [0.3, 0.4) is 0 Å². The number of hydrogen-bond acceptors (Lipinski definition) is 2. The molecular weight excluding hydrogens is 269 g/mol. The molecule has 2 N–H and O–H groups in total. The van der Waals surface area contributed by atoms with E-state index in [1.54, 1.807) is 6.07 Å². The normalized spacial score (nSPS) is 18.7. The Labute approximate surface area is 112 Å². The van der Waals surface area contributed by atoms with Crippen molar-refractivity contribution >= 4 is 16.6 Å². The van der Waals surface area contributed by atoms with Crippen molar-refractivity contribution in [2.45, 2.75) is 32.0 Å². The summed E-state index contributed by atoms with van der Waals surface area (Å²) < 4.78 is 39.1. The summed E-state index contributed by atoms with van der Waals surface area (Å²) in [5, 5.41) is 3.27. The number of aryl methyl sites for hydroxylation is 1. The number of pyridine rings is 1. The van der Waals surface area contributed by atoms with Crippen molar-refractivity contribution < 1.29 is 13.2 Å². The Balaban J connectivity index is 2.30. The van der Waals surface area contributed by atoms with Gasteiger partial charge in [0.25, 0.3) is 0 Å². The van der Waals surface area contributed by atoms with Gasteiger partial charge in [-0.1, -0.05) is 0 Å². The number of anilines is 1. The average Bonchev–Trinajstić information content (AvgIpc) is 2.34. The van der Waals surface area contributed by atoms with Crippen LogP contribution in [0, 0.1) is 0 Å². The van der Waals surface area contributed by atoms with Gasteiger partial charge in [0.1, 0.15) is 0 Å². The number of aromatic nitrogens is 1. The lowest BCUT2D eigenvalue weighted by Crippen LogP contribution is -2.22. The van der Waals surface area contributed by atoms with Crippen LogP contribution < -0.4 is 10.9 Å². The first-order valence-electron chi connectivity index (χ1n) is 6.38. The molecule has 0 spiro atoms. The largest absolute Gasteiger partial charge is 0.417 e. The van der Waals surface area contributed by atoms with E-state index in [9.17, 15) is 18.0 Å². The molecule has 1 aliphatic rings. The van der Waals surface area contributed by atoms with E-state index >= 15 is 0 Å². The summed E-state index contributed by atoms with van der Waals surface area (Å²) in [7, 11) is 0. The first kappa shape index (κ1) is 13.0. The Bertz CT molecular complexity index is 734. The number of fused-ring (bicyclic) bond motifs is 2. The molecule has 1 aliphatic heterocycles. The van der Waals surface area contributed by atoms with Gasteiger partial charge in [-0.2, -0.15) is 13.2 Å². The van der Waals surface area contributed by atoms with Gasteiger partial charge in [0, 0.05) is 23.2 Å². The van der Waals surface area contributed by atoms with Crippen LogP contribution in [0.1, 0.15) is 24.5 Å². The van der Waals surface area contributed by atoms with Gasteiger partial charge in [-0.15, -0.1) is 0 Å². The molecule has 3 nitrogen and oxygen atoms in total. The highest BCUT2D eigenvalue weighted by molar-refractivity contribution is 5.87. The number of hydrogen-bond donors (Lipinski definition) is 2. The van der Waals surface area contributed by atoms with Crippen LogP contribution in [0.4, 0.5) is 18.9 Å². The molecule has 1 atom stereocenters. The first-order chi connectivity index (χ1) is 9.34. The number of benzene rings is 1. The minimum Gasteiger partial charge on any atom is -0.382 e. The van der Waals surface area contributed by atoms with E-state index in [0.717, 1.165) is 24.1 Å². The van der Waals surface area contributed by atoms with Gasteiger partial charge < -0.3 is 10.3 Å². The summed E-state index contributed by atoms with van der Waals surface area (Å²) in [4.78, 5) is 13.9. The monoisotopic (exact) mass is 282 g/mol. The Morgan fingerprint density at radius 3 is 2.70 bits per heavy atom. The fourth-order valence-corrected chi connectivity index (χ4v) is 2.63. The molecule has 106 valence electrons. The molecule has 0 saturated carbocycles. The van der Waals surface area contributed by atoms with Gasteiger partial charge in [-0.3, -0.25) is 4.79 Å². The standard InChI is InChI=1S/C14H13F3N2O/c1-7-2-3-8-4-9-10(14(15,16)17)5-13(20)19-12(9)6-11(8)18-7/h4-7,18H,2-3H2,1H3,(H,19,20)/t7-/m1/s1. The van der Waals surface area contributed by atoms with Gasteiger partial charge in [0.2, 0.25) is 5.56 Å². The van der Waals surface area contributed by atoms with Crippen molar-refractivity contribution in [1.82, 2.24) is 4.98 Å². The van der Waals surface area contributed by atoms with Crippen LogP contribution in [0.5, 0.6) is 0 Å². The Kier molecular flexibility index (Phi) is 2.77. The summed E-state index contributed by atoms with van der Waals surface area (Å²) in [6.45, 7) is 2.02. The molecule has 0 radical (unpaired) electrons. The van der Waals surface area contributed by atoms with E-state index in [2.05, 4.69) is 10.3 Å². The lowest BCUT2D eigenvalue weighted by Gasteiger charge is -2.25. The molecule has 0 saturated heterocycles. The van der Waals surface area contributed by atoms with Crippen molar-refractivity contribution in [3.05, 3.63) is 39.7 Å². The van der Waals surface area contributed by atoms with Crippen molar-refractivity contribution in [3.63, 3.8) is 0 Å². The predicted molar refractivity (Wildman–Crippen MR) is 71.0 cm³/mol. The maximum atomic E-state index is 13.0. The molecule has 0 unspecified atom stereocenters. The zero-order chi connectivity index (χ0) is 14.5. The highest BCUT2D eigenvalue weighted by Gasteiger charge is 2.33. The van der Waals surface area contributed by atoms with Crippen LogP contribution in [0.2, 0.25) is 0 Å². The second-order valence-electron chi connectivity index (χ2n) is 5.18. The highest BCUT2D eigenvalue weighted by Crippen LogP contribution is 2.36. The molecule has 0 aliphatic carbocycles. The van der Waals surface area contributed by atoms with Crippen LogP contribution in [-0.4, -0.2) is 11.0 Å². The third-order valence-electron chi connectivity index (χ3n) is 3.62. The zero-order valence-corrected chi connectivity index (χ0v) is 10.8. The van der Waals surface area contributed by atoms with Gasteiger partial charge in [0.15, 0.2) is 0 Å². The minimum absolute atomic E-state index is 0.0483. The molecular formula is C14H13F3N2O. The minimum atomic E-state index is -4.53. The Hall–Kier alpha value is -1.98. The molecule has 6 heteroatoms. The van der Waals surface area contributed by atoms with Gasteiger partial charge in [-0.05, 0) is 37.5 Å². The summed E-state index contributed by atoms with van der Waals surface area (Å²) in [5.41, 5.74) is 0.246. The van der Waals surface area contributed by atoms with Gasteiger partial charge >= 0.3 is 6.18 Å². The van der Waals surface area contributed by atoms with Crippen LogP contribution in [0.15, 0.2) is 23.0 Å². The fraction of sp³-hybridized carbons (Fsp3) is 0.357. The number of H-pyrrole nitrogens is 1. The van der Waals surface area contributed by atoms with Gasteiger partial charge in [-0.25, -0.2) is 0 Å². The molecule has 2 aromatic rings. The Morgan fingerprint density at radius 2 is 2.00 bits per heavy atom. The van der Waals surface area contributed by atoms with E-state index in [4.69, 9.17) is 0 Å². The Morgan fingerprint density at radius 1 is 1.25 bits per heavy atom. The van der Waals surface area contributed by atoms with E-state index in [-0.39, 0.29) is 16.9 Å². The number of aromatic amines is 1. The molecule has 0 fully saturated rings. The maximum absolute atomic E-state index is 13.0. The SMILES string of the molecule is C[C@@H]1CCc2cc3c(C(F)(F)F)cc(=O)[nH]c3cc2N1. The van der Waals surface area contributed by atoms with Crippen LogP contribution >= 0.6 is 0 Å². The van der Waals surface area contributed by atoms with Gasteiger partial charge in [0.05, 0.1) is 11.1 Å². The van der Waals surface area contributed by atoms with E-state index in [1.807, 2.05) is 6.92 Å². The van der Waals surface area contributed by atoms with E-state index in [1.165, 1.54) is 6.07 Å². The molecule has 1 aromatic carbocycles. The van der Waals surface area contributed by atoms with E-state index in [0.29, 0.717) is 6.07 Å².